The van der Waals surface area contributed by atoms with Gasteiger partial charge >= 0.3 is 0 Å². The average Bonchev–Trinajstić information content (AvgIpc) is 2.30. The molecule has 2 rings (SSSR count). The number of aromatic nitrogens is 2. The van der Waals surface area contributed by atoms with E-state index in [9.17, 15) is 0 Å². The van der Waals surface area contributed by atoms with Gasteiger partial charge in [-0.3, -0.25) is 0 Å². The van der Waals surface area contributed by atoms with E-state index in [0.29, 0.717) is 0 Å². The van der Waals surface area contributed by atoms with Crippen molar-refractivity contribution >= 4 is 0 Å². The summed E-state index contributed by atoms with van der Waals surface area (Å²) in [4.78, 5) is 8.67. The number of hydrogen-bond donors (Lipinski definition) is 0. The summed E-state index contributed by atoms with van der Waals surface area (Å²) in [6, 6.07) is 12.6. The third-order valence-corrected chi connectivity index (χ3v) is 2.05. The summed E-state index contributed by atoms with van der Waals surface area (Å²) >= 11 is 0. The third-order valence-electron chi connectivity index (χ3n) is 2.05. The lowest BCUT2D eigenvalue weighted by atomic mass is 10.2. The van der Waals surface area contributed by atoms with E-state index in [1.807, 2.05) is 30.3 Å². The Labute approximate surface area is 83.7 Å². The Bertz CT molecular complexity index is 410. The molecule has 0 spiro atoms. The second-order valence-electron chi connectivity index (χ2n) is 3.01. The molecule has 1 radical (unpaired) electrons. The number of nitrogens with zero attached hydrogens (tertiary/aromatic N) is 2. The highest BCUT2D eigenvalue weighted by molar-refractivity contribution is 5.53. The zero-order valence-corrected chi connectivity index (χ0v) is 8.07. The van der Waals surface area contributed by atoms with Gasteiger partial charge in [0, 0.05) is 17.5 Å². The average molecular weight is 183 g/mol. The molecule has 1 aromatic heterocycles. The fourth-order valence-corrected chi connectivity index (χ4v) is 1.27. The summed E-state index contributed by atoms with van der Waals surface area (Å²) in [5.41, 5.74) is 2.11. The Morgan fingerprint density at radius 1 is 1.21 bits per heavy atom. The lowest BCUT2D eigenvalue weighted by Crippen LogP contribution is -1.92. The maximum absolute atomic E-state index is 4.44. The summed E-state index contributed by atoms with van der Waals surface area (Å²) in [5.74, 6) is 0.790. The van der Waals surface area contributed by atoms with Crippen LogP contribution >= 0.6 is 0 Å². The van der Waals surface area contributed by atoms with Gasteiger partial charge in [0.15, 0.2) is 5.82 Å². The van der Waals surface area contributed by atoms with Crippen LogP contribution in [0.2, 0.25) is 0 Å². The minimum Gasteiger partial charge on any atom is -0.237 e. The summed E-state index contributed by atoms with van der Waals surface area (Å²) < 4.78 is 0. The van der Waals surface area contributed by atoms with Gasteiger partial charge < -0.3 is 0 Å². The van der Waals surface area contributed by atoms with E-state index < -0.39 is 0 Å². The van der Waals surface area contributed by atoms with Crippen molar-refractivity contribution in [3.8, 4) is 11.4 Å². The molecule has 0 N–H and O–H groups in total. The van der Waals surface area contributed by atoms with Gasteiger partial charge in [0.25, 0.3) is 0 Å². The van der Waals surface area contributed by atoms with E-state index in [1.54, 1.807) is 6.20 Å². The number of aryl methyl sites for hydroxylation is 1. The highest BCUT2D eigenvalue weighted by Gasteiger charge is 1.99. The second kappa shape index (κ2) is 4.01. The van der Waals surface area contributed by atoms with E-state index in [1.165, 1.54) is 0 Å². The fourth-order valence-electron chi connectivity index (χ4n) is 1.27. The number of benzene rings is 1. The molecular formula is C12H11N2. The zero-order chi connectivity index (χ0) is 9.80. The van der Waals surface area contributed by atoms with Gasteiger partial charge in [-0.1, -0.05) is 31.2 Å². The summed E-state index contributed by atoms with van der Waals surface area (Å²) in [5, 5.41) is 0. The molecule has 0 aliphatic rings. The van der Waals surface area contributed by atoms with Gasteiger partial charge in [-0.05, 0) is 18.6 Å². The fraction of sp³-hybridized carbons (Fsp3) is 0.167. The molecule has 1 heterocycles. The minimum atomic E-state index is 0.790. The summed E-state index contributed by atoms with van der Waals surface area (Å²) in [7, 11) is 0. The highest BCUT2D eigenvalue weighted by atomic mass is 14.9. The molecule has 69 valence electrons. The van der Waals surface area contributed by atoms with Crippen LogP contribution in [0.3, 0.4) is 0 Å². The number of rotatable bonds is 2. The molecule has 0 saturated carbocycles. The van der Waals surface area contributed by atoms with Crippen LogP contribution in [0.1, 0.15) is 12.6 Å². The first-order valence-corrected chi connectivity index (χ1v) is 4.68. The van der Waals surface area contributed by atoms with Gasteiger partial charge in [-0.25, -0.2) is 9.97 Å². The quantitative estimate of drug-likeness (QED) is 0.715. The maximum atomic E-state index is 4.44. The summed E-state index contributed by atoms with van der Waals surface area (Å²) in [6.07, 6.45) is 2.74. The van der Waals surface area contributed by atoms with Crippen LogP contribution < -0.4 is 0 Å². The van der Waals surface area contributed by atoms with E-state index >= 15 is 0 Å². The molecule has 14 heavy (non-hydrogen) atoms. The zero-order valence-electron chi connectivity index (χ0n) is 8.07. The molecule has 0 aliphatic carbocycles. The minimum absolute atomic E-state index is 0.790. The molecule has 0 unspecified atom stereocenters. The smallest absolute Gasteiger partial charge is 0.159 e. The van der Waals surface area contributed by atoms with E-state index in [2.05, 4.69) is 23.0 Å². The third kappa shape index (κ3) is 1.79. The second-order valence-corrected chi connectivity index (χ2v) is 3.01. The van der Waals surface area contributed by atoms with Crippen molar-refractivity contribution in [2.24, 2.45) is 0 Å². The van der Waals surface area contributed by atoms with Crippen molar-refractivity contribution in [3.05, 3.63) is 48.3 Å². The van der Waals surface area contributed by atoms with Crippen molar-refractivity contribution in [1.29, 1.82) is 0 Å². The van der Waals surface area contributed by atoms with Crippen LogP contribution in [-0.4, -0.2) is 9.97 Å². The molecule has 0 amide bonds. The maximum Gasteiger partial charge on any atom is 0.159 e. The molecule has 0 aliphatic heterocycles. The monoisotopic (exact) mass is 183 g/mol. The molecule has 2 nitrogen and oxygen atoms in total. The van der Waals surface area contributed by atoms with Crippen LogP contribution in [0, 0.1) is 6.07 Å². The van der Waals surface area contributed by atoms with E-state index in [4.69, 9.17) is 0 Å². The molecule has 1 aromatic carbocycles. The van der Waals surface area contributed by atoms with Gasteiger partial charge in [-0.15, -0.1) is 0 Å². The summed E-state index contributed by atoms with van der Waals surface area (Å²) in [6.45, 7) is 2.09. The largest absolute Gasteiger partial charge is 0.237 e. The molecule has 0 bridgehead atoms. The predicted molar refractivity (Wildman–Crippen MR) is 55.7 cm³/mol. The SMILES string of the molecule is CCc1ccnc(-c2cc[c]cc2)n1. The van der Waals surface area contributed by atoms with Crippen LogP contribution in [0.15, 0.2) is 36.5 Å². The highest BCUT2D eigenvalue weighted by Crippen LogP contribution is 2.13. The predicted octanol–water partition coefficient (Wildman–Crippen LogP) is 2.51. The number of hydrogen-bond acceptors (Lipinski definition) is 2. The first kappa shape index (κ1) is 8.88. The molecule has 0 atom stereocenters. The van der Waals surface area contributed by atoms with Crippen LogP contribution in [0.25, 0.3) is 11.4 Å². The normalized spacial score (nSPS) is 10.1. The van der Waals surface area contributed by atoms with Crippen LogP contribution in [0.4, 0.5) is 0 Å². The van der Waals surface area contributed by atoms with Crippen molar-refractivity contribution < 1.29 is 0 Å². The Hall–Kier alpha value is -1.70. The molecule has 2 heteroatoms. The first-order valence-electron chi connectivity index (χ1n) is 4.68. The lowest BCUT2D eigenvalue weighted by Gasteiger charge is -2.00. The van der Waals surface area contributed by atoms with Gasteiger partial charge in [0.2, 0.25) is 0 Å². The Morgan fingerprint density at radius 2 is 2.00 bits per heavy atom. The van der Waals surface area contributed by atoms with Crippen molar-refractivity contribution in [3.63, 3.8) is 0 Å². The van der Waals surface area contributed by atoms with E-state index in [0.717, 1.165) is 23.5 Å². The van der Waals surface area contributed by atoms with Gasteiger partial charge in [0.1, 0.15) is 0 Å². The molecule has 0 saturated heterocycles. The van der Waals surface area contributed by atoms with Gasteiger partial charge in [-0.2, -0.15) is 0 Å². The Morgan fingerprint density at radius 3 is 2.71 bits per heavy atom. The molecular weight excluding hydrogens is 172 g/mol. The standard InChI is InChI=1S/C12H11N2/c1-2-11-8-9-13-12(14-11)10-6-4-3-5-7-10/h4-9H,2H2,1H3. The molecule has 0 fully saturated rings. The van der Waals surface area contributed by atoms with Gasteiger partial charge in [0.05, 0.1) is 0 Å². The van der Waals surface area contributed by atoms with Crippen molar-refractivity contribution in [2.75, 3.05) is 0 Å². The molecule has 2 aromatic rings. The first-order chi connectivity index (χ1) is 6.90. The lowest BCUT2D eigenvalue weighted by molar-refractivity contribution is 1.01. The van der Waals surface area contributed by atoms with Crippen molar-refractivity contribution in [1.82, 2.24) is 9.97 Å². The Kier molecular flexibility index (Phi) is 2.54. The van der Waals surface area contributed by atoms with Crippen molar-refractivity contribution in [2.45, 2.75) is 13.3 Å². The topological polar surface area (TPSA) is 25.8 Å². The van der Waals surface area contributed by atoms with E-state index in [-0.39, 0.29) is 0 Å². The Balaban J connectivity index is 2.42. The van der Waals surface area contributed by atoms with Crippen LogP contribution in [-0.2, 0) is 6.42 Å². The van der Waals surface area contributed by atoms with Crippen LogP contribution in [0.5, 0.6) is 0 Å².